The number of nitrogen functional groups attached to an aromatic ring is 1. The lowest BCUT2D eigenvalue weighted by atomic mass is 10.4. The van der Waals surface area contributed by atoms with Gasteiger partial charge >= 0.3 is 0 Å². The summed E-state index contributed by atoms with van der Waals surface area (Å²) < 4.78 is 5.55. The van der Waals surface area contributed by atoms with Crippen molar-refractivity contribution in [2.75, 3.05) is 12.0 Å². The number of ether oxygens (including phenoxy) is 1. The van der Waals surface area contributed by atoms with Crippen molar-refractivity contribution in [3.63, 3.8) is 0 Å². The van der Waals surface area contributed by atoms with Gasteiger partial charge < -0.3 is 10.5 Å². The van der Waals surface area contributed by atoms with Gasteiger partial charge in [0.25, 0.3) is 0 Å². The molecule has 13 heavy (non-hydrogen) atoms. The highest BCUT2D eigenvalue weighted by atomic mass is 32.2. The molecule has 0 aliphatic heterocycles. The minimum absolute atomic E-state index is 0.404. The van der Waals surface area contributed by atoms with Crippen LogP contribution in [0, 0.1) is 0 Å². The second-order valence-corrected chi connectivity index (χ2v) is 3.88. The van der Waals surface area contributed by atoms with Gasteiger partial charge in [-0.05, 0) is 19.1 Å². The van der Waals surface area contributed by atoms with Gasteiger partial charge in [-0.3, -0.25) is 0 Å². The van der Waals surface area contributed by atoms with E-state index in [1.807, 2.05) is 12.3 Å². The fraction of sp³-hybridized carbons (Fsp3) is 0.444. The minimum Gasteiger partial charge on any atom is -0.489 e. The molecule has 0 spiro atoms. The Morgan fingerprint density at radius 1 is 1.62 bits per heavy atom. The molecule has 1 aliphatic rings. The van der Waals surface area contributed by atoms with Crippen molar-refractivity contribution in [1.82, 2.24) is 4.98 Å². The van der Waals surface area contributed by atoms with Crippen molar-refractivity contribution in [3.05, 3.63) is 12.3 Å². The van der Waals surface area contributed by atoms with Crippen LogP contribution in [0.2, 0.25) is 0 Å². The van der Waals surface area contributed by atoms with Crippen molar-refractivity contribution in [2.24, 2.45) is 0 Å². The Labute approximate surface area is 81.7 Å². The lowest BCUT2D eigenvalue weighted by molar-refractivity contribution is 0.302. The summed E-state index contributed by atoms with van der Waals surface area (Å²) in [6.07, 6.45) is 6.41. The van der Waals surface area contributed by atoms with E-state index < -0.39 is 0 Å². The summed E-state index contributed by atoms with van der Waals surface area (Å²) >= 11 is 1.55. The Kier molecular flexibility index (Phi) is 2.31. The summed E-state index contributed by atoms with van der Waals surface area (Å²) in [6.45, 7) is 0. The maximum Gasteiger partial charge on any atom is 0.140 e. The van der Waals surface area contributed by atoms with Crippen LogP contribution in [0.1, 0.15) is 12.8 Å². The molecule has 4 heteroatoms. The van der Waals surface area contributed by atoms with Crippen LogP contribution in [0.5, 0.6) is 5.75 Å². The quantitative estimate of drug-likeness (QED) is 0.750. The van der Waals surface area contributed by atoms with E-state index in [9.17, 15) is 0 Å². The highest BCUT2D eigenvalue weighted by molar-refractivity contribution is 7.98. The standard InChI is InChI=1S/C9H12N2OS/c1-13-9-8(10)4-7(5-11-9)12-6-2-3-6/h4-6H,2-3,10H2,1H3. The van der Waals surface area contributed by atoms with Gasteiger partial charge in [0, 0.05) is 6.07 Å². The van der Waals surface area contributed by atoms with E-state index in [0.717, 1.165) is 23.6 Å². The molecule has 3 nitrogen and oxygen atoms in total. The molecule has 0 amide bonds. The molecule has 2 N–H and O–H groups in total. The first-order chi connectivity index (χ1) is 6.29. The second kappa shape index (κ2) is 3.46. The van der Waals surface area contributed by atoms with Gasteiger partial charge in [0.05, 0.1) is 18.0 Å². The van der Waals surface area contributed by atoms with Crippen molar-refractivity contribution < 1.29 is 4.74 Å². The van der Waals surface area contributed by atoms with Gasteiger partial charge in [-0.15, -0.1) is 11.8 Å². The van der Waals surface area contributed by atoms with Gasteiger partial charge in [-0.1, -0.05) is 0 Å². The zero-order valence-corrected chi connectivity index (χ0v) is 8.30. The molecule has 0 radical (unpaired) electrons. The van der Waals surface area contributed by atoms with Crippen molar-refractivity contribution >= 4 is 17.4 Å². The van der Waals surface area contributed by atoms with Gasteiger partial charge in [0.15, 0.2) is 0 Å². The molecule has 0 aromatic carbocycles. The second-order valence-electron chi connectivity index (χ2n) is 3.09. The first-order valence-electron chi connectivity index (χ1n) is 4.26. The van der Waals surface area contributed by atoms with Crippen LogP contribution in [-0.2, 0) is 0 Å². The first-order valence-corrected chi connectivity index (χ1v) is 5.48. The van der Waals surface area contributed by atoms with Crippen LogP contribution in [-0.4, -0.2) is 17.3 Å². The van der Waals surface area contributed by atoms with Gasteiger partial charge in [-0.25, -0.2) is 4.98 Å². The molecule has 0 bridgehead atoms. The molecule has 1 fully saturated rings. The predicted octanol–water partition coefficient (Wildman–Crippen LogP) is 1.93. The summed E-state index contributed by atoms with van der Waals surface area (Å²) in [7, 11) is 0. The Hall–Kier alpha value is -0.900. The number of nitrogens with zero attached hydrogens (tertiary/aromatic N) is 1. The van der Waals surface area contributed by atoms with E-state index in [2.05, 4.69) is 4.98 Å². The Morgan fingerprint density at radius 3 is 2.92 bits per heavy atom. The van der Waals surface area contributed by atoms with Crippen molar-refractivity contribution in [3.8, 4) is 5.75 Å². The highest BCUT2D eigenvalue weighted by Gasteiger charge is 2.23. The third-order valence-electron chi connectivity index (χ3n) is 1.87. The molecule has 0 unspecified atom stereocenters. The van der Waals surface area contributed by atoms with E-state index >= 15 is 0 Å². The van der Waals surface area contributed by atoms with Gasteiger partial charge in [-0.2, -0.15) is 0 Å². The number of aromatic nitrogens is 1. The average Bonchev–Trinajstić information content (AvgIpc) is 2.89. The van der Waals surface area contributed by atoms with Gasteiger partial charge in [0.1, 0.15) is 10.8 Å². The normalized spacial score (nSPS) is 15.8. The van der Waals surface area contributed by atoms with E-state index in [4.69, 9.17) is 10.5 Å². The Morgan fingerprint density at radius 2 is 2.38 bits per heavy atom. The van der Waals surface area contributed by atoms with E-state index in [0.29, 0.717) is 11.8 Å². The van der Waals surface area contributed by atoms with Crippen molar-refractivity contribution in [1.29, 1.82) is 0 Å². The van der Waals surface area contributed by atoms with Crippen LogP contribution in [0.25, 0.3) is 0 Å². The first kappa shape index (κ1) is 8.69. The minimum atomic E-state index is 0.404. The largest absolute Gasteiger partial charge is 0.489 e. The number of pyridine rings is 1. The number of rotatable bonds is 3. The molecule has 0 saturated heterocycles. The molecular formula is C9H12N2OS. The van der Waals surface area contributed by atoms with Crippen LogP contribution in [0.3, 0.4) is 0 Å². The van der Waals surface area contributed by atoms with Crippen LogP contribution < -0.4 is 10.5 Å². The predicted molar refractivity (Wildman–Crippen MR) is 54.1 cm³/mol. The summed E-state index contributed by atoms with van der Waals surface area (Å²) in [5.74, 6) is 0.790. The fourth-order valence-corrected chi connectivity index (χ4v) is 1.52. The molecule has 1 aliphatic carbocycles. The fourth-order valence-electron chi connectivity index (χ4n) is 1.06. The molecular weight excluding hydrogens is 184 g/mol. The van der Waals surface area contributed by atoms with E-state index in [1.54, 1.807) is 18.0 Å². The number of thioether (sulfide) groups is 1. The summed E-state index contributed by atoms with van der Waals surface area (Å²) in [4.78, 5) is 4.19. The number of anilines is 1. The number of hydrogen-bond acceptors (Lipinski definition) is 4. The summed E-state index contributed by atoms with van der Waals surface area (Å²) in [5, 5.41) is 0.864. The SMILES string of the molecule is CSc1ncc(OC2CC2)cc1N. The molecule has 1 heterocycles. The van der Waals surface area contributed by atoms with Crippen LogP contribution >= 0.6 is 11.8 Å². The zero-order chi connectivity index (χ0) is 9.26. The van der Waals surface area contributed by atoms with Crippen molar-refractivity contribution in [2.45, 2.75) is 24.0 Å². The maximum absolute atomic E-state index is 5.76. The molecule has 0 atom stereocenters. The third kappa shape index (κ3) is 2.06. The zero-order valence-electron chi connectivity index (χ0n) is 7.49. The van der Waals surface area contributed by atoms with Crippen LogP contribution in [0.4, 0.5) is 5.69 Å². The smallest absolute Gasteiger partial charge is 0.140 e. The molecule has 1 saturated carbocycles. The average molecular weight is 196 g/mol. The Bertz CT molecular complexity index is 312. The third-order valence-corrected chi connectivity index (χ3v) is 2.60. The summed E-state index contributed by atoms with van der Waals surface area (Å²) in [6, 6.07) is 1.84. The lowest BCUT2D eigenvalue weighted by Gasteiger charge is -2.06. The topological polar surface area (TPSA) is 48.1 Å². The lowest BCUT2D eigenvalue weighted by Crippen LogP contribution is -1.98. The molecule has 1 aromatic heterocycles. The van der Waals surface area contributed by atoms with Crippen LogP contribution in [0.15, 0.2) is 17.3 Å². The maximum atomic E-state index is 5.76. The number of nitrogens with two attached hydrogens (primary N) is 1. The highest BCUT2D eigenvalue weighted by Crippen LogP contribution is 2.29. The molecule has 2 rings (SSSR count). The van der Waals surface area contributed by atoms with E-state index in [1.165, 1.54) is 0 Å². The van der Waals surface area contributed by atoms with E-state index in [-0.39, 0.29) is 0 Å². The summed E-state index contributed by atoms with van der Waals surface area (Å²) in [5.41, 5.74) is 6.46. The number of hydrogen-bond donors (Lipinski definition) is 1. The molecule has 1 aromatic rings. The Balaban J connectivity index is 2.13. The molecule has 70 valence electrons. The monoisotopic (exact) mass is 196 g/mol. The van der Waals surface area contributed by atoms with Gasteiger partial charge in [0.2, 0.25) is 0 Å².